The fraction of sp³-hybridized carbons (Fsp3) is 0.500. The maximum Gasteiger partial charge on any atom is 0.389 e. The normalized spacial score (nSPS) is 11.6. The molecule has 0 saturated heterocycles. The lowest BCUT2D eigenvalue weighted by Gasteiger charge is -2.08. The Kier molecular flexibility index (Phi) is 4.21. The van der Waals surface area contributed by atoms with Gasteiger partial charge in [-0.05, 0) is 37.0 Å². The summed E-state index contributed by atoms with van der Waals surface area (Å²) in [7, 11) is 1.58. The topological polar surface area (TPSA) is 9.23 Å². The van der Waals surface area contributed by atoms with Crippen molar-refractivity contribution < 1.29 is 17.9 Å². The first-order valence-electron chi connectivity index (χ1n) is 5.12. The Bertz CT molecular complexity index is 345. The Morgan fingerprint density at radius 1 is 1.25 bits per heavy atom. The molecule has 0 N–H and O–H groups in total. The van der Waals surface area contributed by atoms with E-state index < -0.39 is 12.6 Å². The third-order valence-corrected chi connectivity index (χ3v) is 2.38. The van der Waals surface area contributed by atoms with E-state index in [1.807, 2.05) is 19.1 Å². The lowest BCUT2D eigenvalue weighted by molar-refractivity contribution is -0.135. The minimum absolute atomic E-state index is 0.134. The van der Waals surface area contributed by atoms with Gasteiger partial charge in [-0.3, -0.25) is 0 Å². The molecule has 0 atom stereocenters. The van der Waals surface area contributed by atoms with Gasteiger partial charge in [0.2, 0.25) is 0 Å². The molecule has 0 bridgehead atoms. The number of methoxy groups -OCH3 is 1. The van der Waals surface area contributed by atoms with E-state index in [-0.39, 0.29) is 6.42 Å². The van der Waals surface area contributed by atoms with Gasteiger partial charge in [-0.25, -0.2) is 0 Å². The molecule has 0 radical (unpaired) electrons. The van der Waals surface area contributed by atoms with Crippen LogP contribution in [0.2, 0.25) is 0 Å². The van der Waals surface area contributed by atoms with E-state index in [0.717, 1.165) is 16.9 Å². The van der Waals surface area contributed by atoms with Crippen molar-refractivity contribution in [2.45, 2.75) is 32.4 Å². The molecule has 0 fully saturated rings. The van der Waals surface area contributed by atoms with Gasteiger partial charge in [-0.2, -0.15) is 13.2 Å². The lowest BCUT2D eigenvalue weighted by atomic mass is 10.1. The number of benzene rings is 1. The average Bonchev–Trinajstić information content (AvgIpc) is 2.16. The number of ether oxygens (including phenoxy) is 1. The highest BCUT2D eigenvalue weighted by atomic mass is 19.4. The summed E-state index contributed by atoms with van der Waals surface area (Å²) in [5.41, 5.74) is 1.87. The van der Waals surface area contributed by atoms with Crippen LogP contribution >= 0.6 is 0 Å². The lowest BCUT2D eigenvalue weighted by Crippen LogP contribution is -2.07. The fourth-order valence-electron chi connectivity index (χ4n) is 1.59. The van der Waals surface area contributed by atoms with Crippen LogP contribution in [0.4, 0.5) is 13.2 Å². The molecule has 0 aliphatic rings. The van der Waals surface area contributed by atoms with Crippen LogP contribution in [0, 0.1) is 6.92 Å². The largest absolute Gasteiger partial charge is 0.496 e. The van der Waals surface area contributed by atoms with Crippen LogP contribution in [0.15, 0.2) is 18.2 Å². The Labute approximate surface area is 93.2 Å². The molecule has 1 aromatic rings. The number of rotatable bonds is 4. The molecular weight excluding hydrogens is 217 g/mol. The molecule has 1 aromatic carbocycles. The van der Waals surface area contributed by atoms with Crippen LogP contribution < -0.4 is 4.74 Å². The first-order chi connectivity index (χ1) is 7.42. The number of hydrogen-bond acceptors (Lipinski definition) is 1. The number of alkyl halides is 3. The van der Waals surface area contributed by atoms with Gasteiger partial charge >= 0.3 is 6.18 Å². The summed E-state index contributed by atoms with van der Waals surface area (Å²) in [6.07, 6.45) is -4.20. The maximum absolute atomic E-state index is 11.9. The first kappa shape index (κ1) is 12.9. The molecular formula is C12H15F3O. The molecule has 0 aliphatic carbocycles. The van der Waals surface area contributed by atoms with E-state index >= 15 is 0 Å². The smallest absolute Gasteiger partial charge is 0.389 e. The van der Waals surface area contributed by atoms with Gasteiger partial charge in [0, 0.05) is 6.42 Å². The third kappa shape index (κ3) is 4.13. The second-order valence-electron chi connectivity index (χ2n) is 3.77. The van der Waals surface area contributed by atoms with Crippen LogP contribution in [0.5, 0.6) is 5.75 Å². The summed E-state index contributed by atoms with van der Waals surface area (Å²) in [4.78, 5) is 0. The minimum Gasteiger partial charge on any atom is -0.496 e. The first-order valence-corrected chi connectivity index (χ1v) is 5.12. The molecule has 16 heavy (non-hydrogen) atoms. The third-order valence-electron chi connectivity index (χ3n) is 2.38. The maximum atomic E-state index is 11.9. The van der Waals surface area contributed by atoms with Gasteiger partial charge in [0.15, 0.2) is 0 Å². The van der Waals surface area contributed by atoms with E-state index in [2.05, 4.69) is 0 Å². The van der Waals surface area contributed by atoms with E-state index in [1.165, 1.54) is 0 Å². The van der Waals surface area contributed by atoms with E-state index in [9.17, 15) is 13.2 Å². The van der Waals surface area contributed by atoms with Crippen molar-refractivity contribution in [2.75, 3.05) is 7.11 Å². The molecule has 0 amide bonds. The van der Waals surface area contributed by atoms with Crippen molar-refractivity contribution in [3.63, 3.8) is 0 Å². The molecule has 4 heteroatoms. The van der Waals surface area contributed by atoms with Gasteiger partial charge in [-0.1, -0.05) is 12.1 Å². The van der Waals surface area contributed by atoms with Gasteiger partial charge in [-0.15, -0.1) is 0 Å². The van der Waals surface area contributed by atoms with E-state index in [4.69, 9.17) is 4.74 Å². The summed E-state index contributed by atoms with van der Waals surface area (Å²) < 4.78 is 40.9. The van der Waals surface area contributed by atoms with Crippen LogP contribution in [-0.4, -0.2) is 13.3 Å². The van der Waals surface area contributed by atoms with Gasteiger partial charge in [0.1, 0.15) is 5.75 Å². The molecule has 90 valence electrons. The SMILES string of the molecule is COc1ccc(CCCC(F)(F)F)cc1C. The Morgan fingerprint density at radius 2 is 1.94 bits per heavy atom. The van der Waals surface area contributed by atoms with Crippen LogP contribution in [0.25, 0.3) is 0 Å². The molecule has 0 aromatic heterocycles. The summed E-state index contributed by atoms with van der Waals surface area (Å²) in [6.45, 7) is 1.88. The van der Waals surface area contributed by atoms with Gasteiger partial charge in [0.25, 0.3) is 0 Å². The predicted molar refractivity (Wildman–Crippen MR) is 56.7 cm³/mol. The predicted octanol–water partition coefficient (Wildman–Crippen LogP) is 3.89. The van der Waals surface area contributed by atoms with Crippen LogP contribution in [-0.2, 0) is 6.42 Å². The summed E-state index contributed by atoms with van der Waals surface area (Å²) >= 11 is 0. The van der Waals surface area contributed by atoms with Crippen molar-refractivity contribution in [2.24, 2.45) is 0 Å². The summed E-state index contributed by atoms with van der Waals surface area (Å²) in [5.74, 6) is 0.763. The summed E-state index contributed by atoms with van der Waals surface area (Å²) in [6, 6.07) is 5.47. The molecule has 1 rings (SSSR count). The van der Waals surface area contributed by atoms with Crippen molar-refractivity contribution >= 4 is 0 Å². The molecule has 1 nitrogen and oxygen atoms in total. The Balaban J connectivity index is 2.52. The molecule has 0 saturated carbocycles. The van der Waals surface area contributed by atoms with Gasteiger partial charge in [0.05, 0.1) is 7.11 Å². The monoisotopic (exact) mass is 232 g/mol. The number of halogens is 3. The second-order valence-corrected chi connectivity index (χ2v) is 3.77. The second kappa shape index (κ2) is 5.23. The van der Waals surface area contributed by atoms with Crippen molar-refractivity contribution in [3.05, 3.63) is 29.3 Å². The summed E-state index contributed by atoms with van der Waals surface area (Å²) in [5, 5.41) is 0. The highest BCUT2D eigenvalue weighted by Gasteiger charge is 2.25. The Hall–Kier alpha value is -1.19. The Morgan fingerprint density at radius 3 is 2.44 bits per heavy atom. The molecule has 0 heterocycles. The van der Waals surface area contributed by atoms with E-state index in [1.54, 1.807) is 13.2 Å². The quantitative estimate of drug-likeness (QED) is 0.765. The van der Waals surface area contributed by atoms with Crippen LogP contribution in [0.1, 0.15) is 24.0 Å². The molecule has 0 aliphatic heterocycles. The fourth-order valence-corrected chi connectivity index (χ4v) is 1.59. The van der Waals surface area contributed by atoms with Crippen molar-refractivity contribution in [1.29, 1.82) is 0 Å². The van der Waals surface area contributed by atoms with E-state index in [0.29, 0.717) is 6.42 Å². The van der Waals surface area contributed by atoms with Gasteiger partial charge < -0.3 is 4.74 Å². The molecule has 0 spiro atoms. The zero-order chi connectivity index (χ0) is 12.2. The number of hydrogen-bond donors (Lipinski definition) is 0. The zero-order valence-corrected chi connectivity index (χ0v) is 9.40. The van der Waals surface area contributed by atoms with Crippen molar-refractivity contribution in [1.82, 2.24) is 0 Å². The van der Waals surface area contributed by atoms with Crippen LogP contribution in [0.3, 0.4) is 0 Å². The van der Waals surface area contributed by atoms with Crippen molar-refractivity contribution in [3.8, 4) is 5.75 Å². The number of aryl methyl sites for hydroxylation is 2. The average molecular weight is 232 g/mol. The standard InChI is InChI=1S/C12H15F3O/c1-9-8-10(5-6-11(9)16-2)4-3-7-12(13,14)15/h5-6,8H,3-4,7H2,1-2H3. The zero-order valence-electron chi connectivity index (χ0n) is 9.40. The molecule has 0 unspecified atom stereocenters. The highest BCUT2D eigenvalue weighted by Crippen LogP contribution is 2.24. The minimum atomic E-state index is -4.05. The highest BCUT2D eigenvalue weighted by molar-refractivity contribution is 5.36.